The van der Waals surface area contributed by atoms with Crippen LogP contribution in [0.4, 0.5) is 4.79 Å². The Labute approximate surface area is 144 Å². The molecule has 24 heavy (non-hydrogen) atoms. The van der Waals surface area contributed by atoms with Gasteiger partial charge in [0.1, 0.15) is 6.61 Å². The Morgan fingerprint density at radius 1 is 1.04 bits per heavy atom. The van der Waals surface area contributed by atoms with E-state index in [4.69, 9.17) is 4.74 Å². The summed E-state index contributed by atoms with van der Waals surface area (Å²) in [6, 6.07) is 10.4. The average Bonchev–Trinajstić information content (AvgIpc) is 2.67. The van der Waals surface area contributed by atoms with Gasteiger partial charge in [0.05, 0.1) is 0 Å². The molecule has 5 nitrogen and oxygen atoms in total. The zero-order valence-corrected chi connectivity index (χ0v) is 14.3. The molecule has 2 aliphatic heterocycles. The van der Waals surface area contributed by atoms with E-state index in [0.29, 0.717) is 25.2 Å². The third-order valence-corrected chi connectivity index (χ3v) is 5.35. The van der Waals surface area contributed by atoms with Gasteiger partial charge in [0, 0.05) is 25.7 Å². The second-order valence-electron chi connectivity index (χ2n) is 6.92. The van der Waals surface area contributed by atoms with E-state index >= 15 is 0 Å². The van der Waals surface area contributed by atoms with Crippen molar-refractivity contribution in [2.45, 2.75) is 38.3 Å². The summed E-state index contributed by atoms with van der Waals surface area (Å²) < 4.78 is 5.42. The van der Waals surface area contributed by atoms with Gasteiger partial charge in [-0.1, -0.05) is 30.3 Å². The van der Waals surface area contributed by atoms with Crippen molar-refractivity contribution in [3.05, 3.63) is 35.9 Å². The van der Waals surface area contributed by atoms with Crippen LogP contribution in [0.3, 0.4) is 0 Å². The molecule has 1 aromatic rings. The Morgan fingerprint density at radius 2 is 1.71 bits per heavy atom. The lowest BCUT2D eigenvalue weighted by molar-refractivity contribution is 0.0502. The molecule has 0 unspecified atom stereocenters. The largest absolute Gasteiger partial charge is 0.445 e. The number of hydrogen-bond donors (Lipinski definition) is 1. The zero-order chi connectivity index (χ0) is 16.8. The molecule has 0 atom stereocenters. The van der Waals surface area contributed by atoms with Crippen LogP contribution in [0.5, 0.6) is 0 Å². The molecular formula is C19H28N2O3. The Hall–Kier alpha value is -1.59. The molecule has 0 spiro atoms. The van der Waals surface area contributed by atoms with Crippen molar-refractivity contribution in [3.8, 4) is 0 Å². The number of ether oxygens (including phenoxy) is 1. The van der Waals surface area contributed by atoms with Gasteiger partial charge >= 0.3 is 6.09 Å². The van der Waals surface area contributed by atoms with Gasteiger partial charge in [0.25, 0.3) is 0 Å². The smallest absolute Gasteiger partial charge is 0.410 e. The van der Waals surface area contributed by atoms with E-state index in [9.17, 15) is 9.90 Å². The minimum Gasteiger partial charge on any atom is -0.445 e. The number of rotatable bonds is 4. The van der Waals surface area contributed by atoms with E-state index in [0.717, 1.165) is 57.4 Å². The fraction of sp³-hybridized carbons (Fsp3) is 0.632. The monoisotopic (exact) mass is 332 g/mol. The standard InChI is InChI=1S/C19H28N2O3/c22-14-16-6-10-20(11-7-16)18-8-12-21(13-9-18)19(23)24-15-17-4-2-1-3-5-17/h1-5,16,18,22H,6-15H2. The Balaban J connectivity index is 1.39. The molecular weight excluding hydrogens is 304 g/mol. The van der Waals surface area contributed by atoms with E-state index in [1.54, 1.807) is 0 Å². The first-order chi connectivity index (χ1) is 11.8. The van der Waals surface area contributed by atoms with Crippen LogP contribution in [-0.2, 0) is 11.3 Å². The molecule has 1 aromatic carbocycles. The second-order valence-corrected chi connectivity index (χ2v) is 6.92. The Bertz CT molecular complexity index is 507. The first-order valence-corrected chi connectivity index (χ1v) is 9.07. The lowest BCUT2D eigenvalue weighted by atomic mass is 9.94. The summed E-state index contributed by atoms with van der Waals surface area (Å²) >= 11 is 0. The number of piperidine rings is 2. The zero-order valence-electron chi connectivity index (χ0n) is 14.3. The van der Waals surface area contributed by atoms with Crippen molar-refractivity contribution < 1.29 is 14.6 Å². The van der Waals surface area contributed by atoms with Crippen LogP contribution in [0.1, 0.15) is 31.2 Å². The van der Waals surface area contributed by atoms with Gasteiger partial charge in [-0.25, -0.2) is 4.79 Å². The van der Waals surface area contributed by atoms with Gasteiger partial charge < -0.3 is 19.6 Å². The normalized spacial score (nSPS) is 21.0. The van der Waals surface area contributed by atoms with Crippen LogP contribution in [0.25, 0.3) is 0 Å². The van der Waals surface area contributed by atoms with Gasteiger partial charge in [0.15, 0.2) is 0 Å². The molecule has 2 heterocycles. The van der Waals surface area contributed by atoms with Gasteiger partial charge in [-0.05, 0) is 50.3 Å². The molecule has 1 N–H and O–H groups in total. The van der Waals surface area contributed by atoms with E-state index in [2.05, 4.69) is 4.90 Å². The van der Waals surface area contributed by atoms with Crippen LogP contribution in [0, 0.1) is 5.92 Å². The maximum Gasteiger partial charge on any atom is 0.410 e. The Kier molecular flexibility index (Phi) is 6.10. The van der Waals surface area contributed by atoms with Crippen molar-refractivity contribution in [2.24, 2.45) is 5.92 Å². The summed E-state index contributed by atoms with van der Waals surface area (Å²) in [4.78, 5) is 16.6. The molecule has 0 radical (unpaired) electrons. The van der Waals surface area contributed by atoms with Crippen molar-refractivity contribution in [1.29, 1.82) is 0 Å². The summed E-state index contributed by atoms with van der Waals surface area (Å²) in [6.07, 6.45) is 4.02. The number of benzene rings is 1. The van der Waals surface area contributed by atoms with Crippen molar-refractivity contribution in [2.75, 3.05) is 32.8 Å². The third kappa shape index (κ3) is 4.48. The number of carbonyl (C=O) groups excluding carboxylic acids is 1. The lowest BCUT2D eigenvalue weighted by Gasteiger charge is -2.41. The topological polar surface area (TPSA) is 53.0 Å². The predicted molar refractivity (Wildman–Crippen MR) is 92.6 cm³/mol. The highest BCUT2D eigenvalue weighted by atomic mass is 16.6. The summed E-state index contributed by atoms with van der Waals surface area (Å²) in [5, 5.41) is 9.24. The molecule has 1 amide bonds. The van der Waals surface area contributed by atoms with Crippen LogP contribution >= 0.6 is 0 Å². The van der Waals surface area contributed by atoms with Crippen LogP contribution in [0.2, 0.25) is 0 Å². The molecule has 132 valence electrons. The van der Waals surface area contributed by atoms with E-state index in [-0.39, 0.29) is 6.09 Å². The first kappa shape index (κ1) is 17.2. The fourth-order valence-electron chi connectivity index (χ4n) is 3.72. The maximum absolute atomic E-state index is 12.2. The number of likely N-dealkylation sites (tertiary alicyclic amines) is 2. The van der Waals surface area contributed by atoms with Crippen LogP contribution < -0.4 is 0 Å². The summed E-state index contributed by atoms with van der Waals surface area (Å²) in [5.74, 6) is 0.481. The summed E-state index contributed by atoms with van der Waals surface area (Å²) in [7, 11) is 0. The number of hydrogen-bond acceptors (Lipinski definition) is 4. The Morgan fingerprint density at radius 3 is 2.33 bits per heavy atom. The molecule has 2 fully saturated rings. The lowest BCUT2D eigenvalue weighted by Crippen LogP contribution is -2.49. The molecule has 0 aromatic heterocycles. The van der Waals surface area contributed by atoms with Gasteiger partial charge in [-0.2, -0.15) is 0 Å². The highest BCUT2D eigenvalue weighted by molar-refractivity contribution is 5.67. The van der Waals surface area contributed by atoms with E-state index in [1.807, 2.05) is 35.2 Å². The van der Waals surface area contributed by atoms with Crippen molar-refractivity contribution >= 4 is 6.09 Å². The van der Waals surface area contributed by atoms with Gasteiger partial charge in [-0.15, -0.1) is 0 Å². The van der Waals surface area contributed by atoms with Crippen molar-refractivity contribution in [1.82, 2.24) is 9.80 Å². The van der Waals surface area contributed by atoms with Crippen molar-refractivity contribution in [3.63, 3.8) is 0 Å². The first-order valence-electron chi connectivity index (χ1n) is 9.07. The molecule has 0 aliphatic carbocycles. The fourth-order valence-corrected chi connectivity index (χ4v) is 3.72. The number of nitrogens with zero attached hydrogens (tertiary/aromatic N) is 2. The SMILES string of the molecule is O=C(OCc1ccccc1)N1CCC(N2CCC(CO)CC2)CC1. The molecule has 0 bridgehead atoms. The maximum atomic E-state index is 12.2. The number of carbonyl (C=O) groups is 1. The molecule has 0 saturated carbocycles. The van der Waals surface area contributed by atoms with Crippen LogP contribution in [-0.4, -0.2) is 59.8 Å². The minimum absolute atomic E-state index is 0.198. The minimum atomic E-state index is -0.198. The van der Waals surface area contributed by atoms with Gasteiger partial charge in [-0.3, -0.25) is 0 Å². The number of aliphatic hydroxyl groups is 1. The average molecular weight is 332 g/mol. The van der Waals surface area contributed by atoms with E-state index < -0.39 is 0 Å². The highest BCUT2D eigenvalue weighted by Gasteiger charge is 2.29. The summed E-state index contributed by atoms with van der Waals surface area (Å²) in [5.41, 5.74) is 1.02. The molecule has 3 rings (SSSR count). The van der Waals surface area contributed by atoms with Gasteiger partial charge in [0.2, 0.25) is 0 Å². The number of amides is 1. The molecule has 2 aliphatic rings. The van der Waals surface area contributed by atoms with Crippen LogP contribution in [0.15, 0.2) is 30.3 Å². The second kappa shape index (κ2) is 8.49. The predicted octanol–water partition coefficient (Wildman–Crippen LogP) is 2.49. The summed E-state index contributed by atoms with van der Waals surface area (Å²) in [6.45, 7) is 4.37. The quantitative estimate of drug-likeness (QED) is 0.920. The number of aliphatic hydroxyl groups excluding tert-OH is 1. The molecule has 5 heteroatoms. The third-order valence-electron chi connectivity index (χ3n) is 5.35. The molecule has 2 saturated heterocycles. The van der Waals surface area contributed by atoms with E-state index in [1.165, 1.54) is 0 Å². The highest BCUT2D eigenvalue weighted by Crippen LogP contribution is 2.24.